The van der Waals surface area contributed by atoms with E-state index >= 15 is 0 Å². The Morgan fingerprint density at radius 2 is 1.95 bits per heavy atom. The number of hydrogen-bond donors (Lipinski definition) is 3. The second-order valence-corrected chi connectivity index (χ2v) is 6.61. The first-order valence-electron chi connectivity index (χ1n) is 7.76. The Hall–Kier alpha value is -0.200. The number of rotatable bonds is 9. The molecular formula is C15H32N2O3. The van der Waals surface area contributed by atoms with E-state index in [1.54, 1.807) is 6.92 Å². The van der Waals surface area contributed by atoms with Crippen molar-refractivity contribution in [3.63, 3.8) is 0 Å². The van der Waals surface area contributed by atoms with Crippen LogP contribution in [0, 0.1) is 0 Å². The van der Waals surface area contributed by atoms with Gasteiger partial charge < -0.3 is 25.2 Å². The van der Waals surface area contributed by atoms with Crippen molar-refractivity contribution in [1.29, 1.82) is 0 Å². The topological polar surface area (TPSA) is 65.0 Å². The molecule has 0 spiro atoms. The highest BCUT2D eigenvalue weighted by molar-refractivity contribution is 4.78. The maximum atomic E-state index is 10.1. The molecule has 0 heterocycles. The fourth-order valence-corrected chi connectivity index (χ4v) is 2.78. The maximum absolute atomic E-state index is 10.1. The number of nitrogens with zero attached hydrogens (tertiary/aromatic N) is 1. The van der Waals surface area contributed by atoms with E-state index in [2.05, 4.69) is 5.32 Å². The molecule has 0 aromatic rings. The summed E-state index contributed by atoms with van der Waals surface area (Å²) in [6, 6.07) is 0. The van der Waals surface area contributed by atoms with Crippen molar-refractivity contribution in [3.05, 3.63) is 0 Å². The molecule has 20 heavy (non-hydrogen) atoms. The average Bonchev–Trinajstić information content (AvgIpc) is 2.36. The van der Waals surface area contributed by atoms with Gasteiger partial charge in [0.05, 0.1) is 24.4 Å². The molecule has 0 amide bonds. The van der Waals surface area contributed by atoms with Gasteiger partial charge >= 0.3 is 0 Å². The van der Waals surface area contributed by atoms with E-state index in [4.69, 9.17) is 4.74 Å². The van der Waals surface area contributed by atoms with Gasteiger partial charge in [-0.05, 0) is 33.9 Å². The average molecular weight is 288 g/mol. The van der Waals surface area contributed by atoms with Crippen LogP contribution in [0.2, 0.25) is 0 Å². The molecule has 3 N–H and O–H groups in total. The lowest BCUT2D eigenvalue weighted by atomic mass is 9.98. The normalized spacial score (nSPS) is 21.9. The molecule has 5 heteroatoms. The Bertz CT molecular complexity index is 254. The lowest BCUT2D eigenvalue weighted by molar-refractivity contribution is -0.0257. The van der Waals surface area contributed by atoms with Gasteiger partial charge in [0, 0.05) is 19.6 Å². The Labute approximate surface area is 123 Å². The third kappa shape index (κ3) is 8.17. The van der Waals surface area contributed by atoms with E-state index in [0.29, 0.717) is 32.3 Å². The van der Waals surface area contributed by atoms with E-state index in [0.717, 1.165) is 12.8 Å². The van der Waals surface area contributed by atoms with E-state index in [1.807, 2.05) is 19.0 Å². The van der Waals surface area contributed by atoms with E-state index in [9.17, 15) is 10.2 Å². The summed E-state index contributed by atoms with van der Waals surface area (Å²) in [5.74, 6) is 0. The minimum absolute atomic E-state index is 0.329. The number of aliphatic hydroxyl groups is 2. The molecule has 1 aliphatic rings. The molecule has 1 rings (SSSR count). The predicted octanol–water partition coefficient (Wildman–Crippen LogP) is 0.599. The molecule has 0 saturated heterocycles. The Kier molecular flexibility index (Phi) is 7.99. The molecule has 0 aromatic heterocycles. The zero-order valence-electron chi connectivity index (χ0n) is 13.3. The third-order valence-corrected chi connectivity index (χ3v) is 3.62. The van der Waals surface area contributed by atoms with E-state index in [1.165, 1.54) is 19.3 Å². The van der Waals surface area contributed by atoms with Gasteiger partial charge in [0.25, 0.3) is 0 Å². The van der Waals surface area contributed by atoms with Crippen molar-refractivity contribution >= 4 is 0 Å². The highest BCUT2D eigenvalue weighted by Crippen LogP contribution is 2.20. The fraction of sp³-hybridized carbons (Fsp3) is 1.00. The summed E-state index contributed by atoms with van der Waals surface area (Å²) in [5.41, 5.74) is -0.784. The second-order valence-electron chi connectivity index (χ2n) is 6.61. The van der Waals surface area contributed by atoms with Crippen LogP contribution in [0.15, 0.2) is 0 Å². The van der Waals surface area contributed by atoms with Crippen LogP contribution in [0.1, 0.15) is 39.0 Å². The summed E-state index contributed by atoms with van der Waals surface area (Å²) in [6.45, 7) is 3.69. The minimum atomic E-state index is -0.784. The molecule has 0 radical (unpaired) electrons. The molecular weight excluding hydrogens is 256 g/mol. The molecule has 5 nitrogen and oxygen atoms in total. The van der Waals surface area contributed by atoms with E-state index < -0.39 is 11.7 Å². The molecule has 1 saturated carbocycles. The molecule has 1 aliphatic carbocycles. The maximum Gasteiger partial charge on any atom is 0.0897 e. The van der Waals surface area contributed by atoms with Crippen molar-refractivity contribution in [3.8, 4) is 0 Å². The zero-order valence-corrected chi connectivity index (χ0v) is 13.3. The lowest BCUT2D eigenvalue weighted by Gasteiger charge is -2.28. The van der Waals surface area contributed by atoms with Gasteiger partial charge in [-0.25, -0.2) is 0 Å². The van der Waals surface area contributed by atoms with Crippen LogP contribution < -0.4 is 5.32 Å². The first-order valence-corrected chi connectivity index (χ1v) is 7.76. The third-order valence-electron chi connectivity index (χ3n) is 3.62. The second kappa shape index (κ2) is 8.95. The van der Waals surface area contributed by atoms with Crippen LogP contribution in [-0.2, 0) is 4.74 Å². The van der Waals surface area contributed by atoms with Crippen molar-refractivity contribution < 1.29 is 14.9 Å². The highest BCUT2D eigenvalue weighted by Gasteiger charge is 2.21. The number of likely N-dealkylation sites (N-methyl/N-ethyl adjacent to an activating group) is 1. The Morgan fingerprint density at radius 3 is 2.55 bits per heavy atom. The van der Waals surface area contributed by atoms with Gasteiger partial charge in [-0.2, -0.15) is 0 Å². The molecule has 120 valence electrons. The van der Waals surface area contributed by atoms with Crippen LogP contribution >= 0.6 is 0 Å². The van der Waals surface area contributed by atoms with Crippen molar-refractivity contribution in [1.82, 2.24) is 10.2 Å². The Balaban J connectivity index is 2.08. The van der Waals surface area contributed by atoms with Crippen LogP contribution in [0.5, 0.6) is 0 Å². The molecule has 1 fully saturated rings. The smallest absolute Gasteiger partial charge is 0.0897 e. The summed E-state index contributed by atoms with van der Waals surface area (Å²) < 4.78 is 5.73. The summed E-state index contributed by atoms with van der Waals surface area (Å²) in [7, 11) is 3.86. The van der Waals surface area contributed by atoms with Gasteiger partial charge in [-0.1, -0.05) is 19.3 Å². The Morgan fingerprint density at radius 1 is 1.30 bits per heavy atom. The molecule has 0 aliphatic heterocycles. The highest BCUT2D eigenvalue weighted by atomic mass is 16.5. The van der Waals surface area contributed by atoms with Gasteiger partial charge in [-0.3, -0.25) is 0 Å². The summed E-state index contributed by atoms with van der Waals surface area (Å²) >= 11 is 0. The number of nitrogens with one attached hydrogen (secondary N) is 1. The largest absolute Gasteiger partial charge is 0.389 e. The SMILES string of the molecule is CN(C)CC(C)(O)CNCC(O)COC1CCCCC1. The van der Waals surface area contributed by atoms with Crippen LogP contribution in [0.3, 0.4) is 0 Å². The fourth-order valence-electron chi connectivity index (χ4n) is 2.78. The predicted molar refractivity (Wildman–Crippen MR) is 80.9 cm³/mol. The van der Waals surface area contributed by atoms with Crippen LogP contribution in [-0.4, -0.2) is 73.3 Å². The molecule has 0 bridgehead atoms. The van der Waals surface area contributed by atoms with Crippen molar-refractivity contribution in [2.24, 2.45) is 0 Å². The zero-order chi connectivity index (χ0) is 15.0. The van der Waals surface area contributed by atoms with Gasteiger partial charge in [0.2, 0.25) is 0 Å². The first-order chi connectivity index (χ1) is 9.39. The molecule has 2 unspecified atom stereocenters. The van der Waals surface area contributed by atoms with Crippen LogP contribution in [0.25, 0.3) is 0 Å². The van der Waals surface area contributed by atoms with Gasteiger partial charge in [-0.15, -0.1) is 0 Å². The van der Waals surface area contributed by atoms with Gasteiger partial charge in [0.15, 0.2) is 0 Å². The summed E-state index contributed by atoms with van der Waals surface area (Å²) in [4.78, 5) is 1.95. The van der Waals surface area contributed by atoms with Crippen LogP contribution in [0.4, 0.5) is 0 Å². The van der Waals surface area contributed by atoms with Gasteiger partial charge in [0.1, 0.15) is 0 Å². The quantitative estimate of drug-likeness (QED) is 0.580. The number of hydrogen-bond acceptors (Lipinski definition) is 5. The van der Waals surface area contributed by atoms with E-state index in [-0.39, 0.29) is 0 Å². The van der Waals surface area contributed by atoms with Crippen molar-refractivity contribution in [2.75, 3.05) is 40.3 Å². The summed E-state index contributed by atoms with van der Waals surface area (Å²) in [5, 5.41) is 23.1. The number of aliphatic hydroxyl groups excluding tert-OH is 1. The van der Waals surface area contributed by atoms with Crippen molar-refractivity contribution in [2.45, 2.75) is 56.8 Å². The monoisotopic (exact) mass is 288 g/mol. The lowest BCUT2D eigenvalue weighted by Crippen LogP contribution is -2.47. The molecule has 2 atom stereocenters. The first kappa shape index (κ1) is 17.9. The molecule has 0 aromatic carbocycles. The number of ether oxygens (including phenoxy) is 1. The summed E-state index contributed by atoms with van der Waals surface area (Å²) in [6.07, 6.45) is 5.86. The minimum Gasteiger partial charge on any atom is -0.389 e. The standard InChI is InChI=1S/C15H32N2O3/c1-15(19,12-17(2)3)11-16-9-13(18)10-20-14-7-5-4-6-8-14/h13-14,16,18-19H,4-12H2,1-3H3.